The first-order valence-electron chi connectivity index (χ1n) is 8.99. The number of rotatable bonds is 9. The summed E-state index contributed by atoms with van der Waals surface area (Å²) in [5.41, 5.74) is 2.45. The molecule has 25 heavy (non-hydrogen) atoms. The number of phenols is 1. The van der Waals surface area contributed by atoms with E-state index < -0.39 is 0 Å². The summed E-state index contributed by atoms with van der Waals surface area (Å²) in [5.74, 6) is 0.00332. The second-order valence-corrected chi connectivity index (χ2v) is 8.17. The molecule has 0 amide bonds. The fourth-order valence-corrected chi connectivity index (χ4v) is 4.12. The number of hydrogen-bond donors (Lipinski definition) is 1. The van der Waals surface area contributed by atoms with Crippen molar-refractivity contribution in [2.75, 3.05) is 0 Å². The molecule has 0 bridgehead atoms. The van der Waals surface area contributed by atoms with Crippen molar-refractivity contribution in [1.82, 2.24) is 0 Å². The number of unbranched alkanes of at least 4 members (excludes halogenated alkanes) is 6. The number of halogens is 3. The molecule has 0 aliphatic carbocycles. The Balaban J connectivity index is 1.94. The largest absolute Gasteiger partial charge is 0.506 e. The van der Waals surface area contributed by atoms with E-state index in [1.54, 1.807) is 18.2 Å². The molecule has 0 aliphatic rings. The van der Waals surface area contributed by atoms with E-state index in [1.807, 2.05) is 12.1 Å². The van der Waals surface area contributed by atoms with Crippen LogP contribution < -0.4 is 0 Å². The van der Waals surface area contributed by atoms with Crippen molar-refractivity contribution in [2.45, 2.75) is 58.3 Å². The van der Waals surface area contributed by atoms with Crippen molar-refractivity contribution in [3.05, 3.63) is 50.7 Å². The molecular formula is C21H25Br2FO. The molecule has 1 N–H and O–H groups in total. The number of phenolic OH excluding ortho intramolecular Hbond substituents is 1. The second-order valence-electron chi connectivity index (χ2n) is 6.47. The SMILES string of the molecule is CCCCCCCCCc1ccc(-c2cc(Br)c(O)c(Br)c2)cc1F. The van der Waals surface area contributed by atoms with Gasteiger partial charge in [0, 0.05) is 0 Å². The minimum absolute atomic E-state index is 0.149. The van der Waals surface area contributed by atoms with Crippen LogP contribution in [0.5, 0.6) is 5.75 Å². The van der Waals surface area contributed by atoms with E-state index in [0.717, 1.165) is 29.5 Å². The zero-order valence-corrected chi connectivity index (χ0v) is 17.8. The summed E-state index contributed by atoms with van der Waals surface area (Å²) >= 11 is 6.64. The Bertz CT molecular complexity index is 677. The maximum absolute atomic E-state index is 14.4. The molecule has 0 fully saturated rings. The van der Waals surface area contributed by atoms with Crippen LogP contribution in [0.4, 0.5) is 4.39 Å². The van der Waals surface area contributed by atoms with Crippen LogP contribution in [-0.2, 0) is 6.42 Å². The first-order valence-corrected chi connectivity index (χ1v) is 10.6. The van der Waals surface area contributed by atoms with Crippen LogP contribution in [0.3, 0.4) is 0 Å². The van der Waals surface area contributed by atoms with E-state index in [9.17, 15) is 9.50 Å². The van der Waals surface area contributed by atoms with Crippen LogP contribution in [0, 0.1) is 5.82 Å². The monoisotopic (exact) mass is 470 g/mol. The van der Waals surface area contributed by atoms with Crippen molar-refractivity contribution >= 4 is 31.9 Å². The van der Waals surface area contributed by atoms with Gasteiger partial charge in [-0.3, -0.25) is 0 Å². The topological polar surface area (TPSA) is 20.2 Å². The van der Waals surface area contributed by atoms with Gasteiger partial charge in [0.15, 0.2) is 0 Å². The highest BCUT2D eigenvalue weighted by Gasteiger charge is 2.10. The Kier molecular flexibility index (Phi) is 8.44. The molecule has 2 aromatic carbocycles. The van der Waals surface area contributed by atoms with E-state index in [1.165, 1.54) is 38.5 Å². The quantitative estimate of drug-likeness (QED) is 0.367. The molecule has 0 radical (unpaired) electrons. The third-order valence-electron chi connectivity index (χ3n) is 4.45. The van der Waals surface area contributed by atoms with Gasteiger partial charge in [-0.15, -0.1) is 0 Å². The molecule has 0 saturated carbocycles. The van der Waals surface area contributed by atoms with Gasteiger partial charge < -0.3 is 5.11 Å². The van der Waals surface area contributed by atoms with Crippen LogP contribution in [0.1, 0.15) is 57.4 Å². The van der Waals surface area contributed by atoms with E-state index in [4.69, 9.17) is 0 Å². The number of aryl methyl sites for hydroxylation is 1. The van der Waals surface area contributed by atoms with Crippen molar-refractivity contribution in [3.8, 4) is 16.9 Å². The molecule has 0 unspecified atom stereocenters. The summed E-state index contributed by atoms with van der Waals surface area (Å²) in [6.07, 6.45) is 9.45. The first-order chi connectivity index (χ1) is 12.0. The lowest BCUT2D eigenvalue weighted by atomic mass is 10.00. The Labute approximate surface area is 166 Å². The predicted octanol–water partition coefficient (Wildman–Crippen LogP) is 8.02. The van der Waals surface area contributed by atoms with Gasteiger partial charge in [-0.05, 0) is 79.6 Å². The normalized spacial score (nSPS) is 11.0. The van der Waals surface area contributed by atoms with Gasteiger partial charge in [-0.1, -0.05) is 57.6 Å². The lowest BCUT2D eigenvalue weighted by Crippen LogP contribution is -1.92. The molecule has 0 spiro atoms. The summed E-state index contributed by atoms with van der Waals surface area (Å²) in [6, 6.07) is 9.01. The van der Waals surface area contributed by atoms with Crippen LogP contribution in [-0.4, -0.2) is 5.11 Å². The van der Waals surface area contributed by atoms with Gasteiger partial charge in [-0.25, -0.2) is 4.39 Å². The molecule has 136 valence electrons. The lowest BCUT2D eigenvalue weighted by molar-refractivity contribution is 0.468. The Morgan fingerprint density at radius 2 is 1.44 bits per heavy atom. The molecule has 0 saturated heterocycles. The van der Waals surface area contributed by atoms with Crippen molar-refractivity contribution < 1.29 is 9.50 Å². The second kappa shape index (κ2) is 10.3. The fourth-order valence-electron chi connectivity index (χ4n) is 2.93. The van der Waals surface area contributed by atoms with Crippen molar-refractivity contribution in [2.24, 2.45) is 0 Å². The van der Waals surface area contributed by atoms with Gasteiger partial charge in [0.05, 0.1) is 8.95 Å². The van der Waals surface area contributed by atoms with Crippen molar-refractivity contribution in [1.29, 1.82) is 0 Å². The average Bonchev–Trinajstić information content (AvgIpc) is 2.59. The Morgan fingerprint density at radius 3 is 2.04 bits per heavy atom. The minimum Gasteiger partial charge on any atom is -0.506 e. The molecule has 2 aromatic rings. The van der Waals surface area contributed by atoms with Crippen LogP contribution in [0.25, 0.3) is 11.1 Å². The van der Waals surface area contributed by atoms with Gasteiger partial charge in [-0.2, -0.15) is 0 Å². The third kappa shape index (κ3) is 6.10. The zero-order valence-electron chi connectivity index (χ0n) is 14.6. The molecule has 0 aliphatic heterocycles. The summed E-state index contributed by atoms with van der Waals surface area (Å²) in [4.78, 5) is 0. The van der Waals surface area contributed by atoms with E-state index in [-0.39, 0.29) is 11.6 Å². The number of aromatic hydroxyl groups is 1. The molecule has 0 atom stereocenters. The van der Waals surface area contributed by atoms with E-state index in [0.29, 0.717) is 8.95 Å². The summed E-state index contributed by atoms with van der Waals surface area (Å²) in [5, 5.41) is 9.80. The predicted molar refractivity (Wildman–Crippen MR) is 111 cm³/mol. The average molecular weight is 472 g/mol. The van der Waals surface area contributed by atoms with E-state index in [2.05, 4.69) is 38.8 Å². The summed E-state index contributed by atoms with van der Waals surface area (Å²) in [6.45, 7) is 2.22. The van der Waals surface area contributed by atoms with Gasteiger partial charge in [0.1, 0.15) is 11.6 Å². The third-order valence-corrected chi connectivity index (χ3v) is 5.66. The Hall–Kier alpha value is -0.870. The summed E-state index contributed by atoms with van der Waals surface area (Å²) < 4.78 is 15.6. The van der Waals surface area contributed by atoms with Gasteiger partial charge in [0.2, 0.25) is 0 Å². The van der Waals surface area contributed by atoms with Crippen LogP contribution in [0.2, 0.25) is 0 Å². The number of hydrogen-bond acceptors (Lipinski definition) is 1. The molecule has 0 aromatic heterocycles. The number of benzene rings is 2. The Morgan fingerprint density at radius 1 is 0.840 bits per heavy atom. The summed E-state index contributed by atoms with van der Waals surface area (Å²) in [7, 11) is 0. The first kappa shape index (κ1) is 20.4. The minimum atomic E-state index is -0.149. The highest BCUT2D eigenvalue weighted by Crippen LogP contribution is 2.37. The van der Waals surface area contributed by atoms with Gasteiger partial charge in [0.25, 0.3) is 0 Å². The van der Waals surface area contributed by atoms with Crippen LogP contribution >= 0.6 is 31.9 Å². The molecule has 0 heterocycles. The maximum Gasteiger partial charge on any atom is 0.143 e. The van der Waals surface area contributed by atoms with Gasteiger partial charge >= 0.3 is 0 Å². The van der Waals surface area contributed by atoms with Crippen LogP contribution in [0.15, 0.2) is 39.3 Å². The highest BCUT2D eigenvalue weighted by molar-refractivity contribution is 9.11. The lowest BCUT2D eigenvalue weighted by Gasteiger charge is -2.09. The molecular weight excluding hydrogens is 447 g/mol. The van der Waals surface area contributed by atoms with E-state index >= 15 is 0 Å². The molecule has 4 heteroatoms. The smallest absolute Gasteiger partial charge is 0.143 e. The highest BCUT2D eigenvalue weighted by atomic mass is 79.9. The molecule has 2 rings (SSSR count). The zero-order chi connectivity index (χ0) is 18.2. The maximum atomic E-state index is 14.4. The van der Waals surface area contributed by atoms with Crippen molar-refractivity contribution in [3.63, 3.8) is 0 Å². The standard InChI is InChI=1S/C21H25Br2FO/c1-2-3-4-5-6-7-8-9-15-10-11-16(14-20(15)24)17-12-18(22)21(25)19(23)13-17/h10-14,25H,2-9H2,1H3. The molecule has 1 nitrogen and oxygen atoms in total. The fraction of sp³-hybridized carbons (Fsp3) is 0.429.